The molecule has 4 aromatic rings. The number of aromatic nitrogens is 5. The Balaban J connectivity index is 1.60. The lowest BCUT2D eigenvalue weighted by Crippen LogP contribution is -2.15. The molecule has 178 valence electrons. The number of aryl methyl sites for hydroxylation is 1. The summed E-state index contributed by atoms with van der Waals surface area (Å²) in [6.45, 7) is 2.21. The van der Waals surface area contributed by atoms with Crippen LogP contribution in [0, 0.1) is 5.82 Å². The lowest BCUT2D eigenvalue weighted by molar-refractivity contribution is 0.0691. The van der Waals surface area contributed by atoms with Crippen molar-refractivity contribution in [3.05, 3.63) is 70.1 Å². The molecule has 0 saturated heterocycles. The first-order valence-corrected chi connectivity index (χ1v) is 11.2. The number of hydrogen-bond acceptors (Lipinski definition) is 7. The first-order chi connectivity index (χ1) is 16.8. The Hall–Kier alpha value is -4.05. The third kappa shape index (κ3) is 4.52. The average molecular weight is 495 g/mol. The number of anilines is 1. The molecule has 1 atom stereocenters. The van der Waals surface area contributed by atoms with E-state index < -0.39 is 17.8 Å². The van der Waals surface area contributed by atoms with Crippen LogP contribution in [-0.2, 0) is 7.05 Å². The van der Waals surface area contributed by atoms with E-state index in [2.05, 4.69) is 20.4 Å². The molecule has 11 heteroatoms. The number of rotatable bonds is 5. The monoisotopic (exact) mass is 494 g/mol. The van der Waals surface area contributed by atoms with E-state index in [1.165, 1.54) is 24.3 Å². The molecule has 0 fully saturated rings. The molecule has 0 bridgehead atoms. The predicted octanol–water partition coefficient (Wildman–Crippen LogP) is 4.75. The second-order valence-electron chi connectivity index (χ2n) is 8.16. The minimum Gasteiger partial charge on any atom is -0.476 e. The summed E-state index contributed by atoms with van der Waals surface area (Å²) in [5.74, 6) is -1.39. The Bertz CT molecular complexity index is 1500. The van der Waals surface area contributed by atoms with Crippen molar-refractivity contribution in [2.75, 3.05) is 11.9 Å². The Kier molecular flexibility index (Phi) is 5.81. The van der Waals surface area contributed by atoms with Gasteiger partial charge in [-0.15, -0.1) is 0 Å². The van der Waals surface area contributed by atoms with Crippen LogP contribution in [0.4, 0.5) is 10.1 Å². The number of ether oxygens (including phenoxy) is 1. The molecule has 5 rings (SSSR count). The molecule has 4 heterocycles. The highest BCUT2D eigenvalue weighted by molar-refractivity contribution is 6.29. The SMILES string of the molecule is C[C@@H](Nc1ccc(Cl)nc1C(=O)O)c1cc(F)cc2nc3c(nc12)C(=Cc1cnn(C)c1)CCO3. The maximum atomic E-state index is 14.6. The molecule has 1 aliphatic rings. The van der Waals surface area contributed by atoms with Gasteiger partial charge in [-0.2, -0.15) is 5.10 Å². The van der Waals surface area contributed by atoms with Crippen molar-refractivity contribution >= 4 is 45.9 Å². The second-order valence-corrected chi connectivity index (χ2v) is 8.54. The van der Waals surface area contributed by atoms with E-state index in [-0.39, 0.29) is 16.5 Å². The predicted molar refractivity (Wildman–Crippen MR) is 129 cm³/mol. The van der Waals surface area contributed by atoms with E-state index in [1.54, 1.807) is 17.8 Å². The van der Waals surface area contributed by atoms with E-state index >= 15 is 0 Å². The zero-order chi connectivity index (χ0) is 24.7. The number of carbonyl (C=O) groups is 1. The van der Waals surface area contributed by atoms with E-state index in [1.807, 2.05) is 19.3 Å². The van der Waals surface area contributed by atoms with Crippen molar-refractivity contribution < 1.29 is 19.0 Å². The Morgan fingerprint density at radius 1 is 1.31 bits per heavy atom. The average Bonchev–Trinajstić information content (AvgIpc) is 3.23. The molecule has 3 aromatic heterocycles. The summed E-state index contributed by atoms with van der Waals surface area (Å²) >= 11 is 5.86. The number of hydrogen-bond donors (Lipinski definition) is 2. The Morgan fingerprint density at radius 2 is 2.14 bits per heavy atom. The van der Waals surface area contributed by atoms with Crippen LogP contribution in [0.5, 0.6) is 5.88 Å². The molecule has 1 aliphatic heterocycles. The molecule has 9 nitrogen and oxygen atoms in total. The summed E-state index contributed by atoms with van der Waals surface area (Å²) in [5.41, 5.74) is 3.76. The Morgan fingerprint density at radius 3 is 2.89 bits per heavy atom. The van der Waals surface area contributed by atoms with Gasteiger partial charge in [-0.1, -0.05) is 11.6 Å². The van der Waals surface area contributed by atoms with Crippen LogP contribution in [-0.4, -0.2) is 42.4 Å². The van der Waals surface area contributed by atoms with E-state index in [9.17, 15) is 14.3 Å². The third-order valence-electron chi connectivity index (χ3n) is 5.61. The summed E-state index contributed by atoms with van der Waals surface area (Å²) < 4.78 is 22.0. The molecule has 0 aliphatic carbocycles. The van der Waals surface area contributed by atoms with Crippen LogP contribution >= 0.6 is 11.6 Å². The van der Waals surface area contributed by atoms with Crippen LogP contribution in [0.25, 0.3) is 22.7 Å². The third-order valence-corrected chi connectivity index (χ3v) is 5.83. The fourth-order valence-electron chi connectivity index (χ4n) is 4.03. The molecule has 0 unspecified atom stereocenters. The van der Waals surface area contributed by atoms with Crippen molar-refractivity contribution in [3.63, 3.8) is 0 Å². The van der Waals surface area contributed by atoms with Gasteiger partial charge >= 0.3 is 5.97 Å². The van der Waals surface area contributed by atoms with E-state index in [0.717, 1.165) is 11.1 Å². The first-order valence-electron chi connectivity index (χ1n) is 10.8. The summed E-state index contributed by atoms with van der Waals surface area (Å²) in [4.78, 5) is 24.9. The number of aromatic carboxylic acids is 1. The number of carboxylic acids is 1. The largest absolute Gasteiger partial charge is 0.476 e. The normalized spacial score (nSPS) is 15.0. The van der Waals surface area contributed by atoms with Crippen LogP contribution in [0.1, 0.15) is 46.7 Å². The fourth-order valence-corrected chi connectivity index (χ4v) is 4.18. The van der Waals surface area contributed by atoms with Gasteiger partial charge in [0.2, 0.25) is 5.88 Å². The van der Waals surface area contributed by atoms with Gasteiger partial charge in [0.15, 0.2) is 5.69 Å². The molecular weight excluding hydrogens is 475 g/mol. The minimum atomic E-state index is -1.23. The topological polar surface area (TPSA) is 115 Å². The molecule has 0 radical (unpaired) electrons. The second kappa shape index (κ2) is 8.95. The highest BCUT2D eigenvalue weighted by Crippen LogP contribution is 2.35. The van der Waals surface area contributed by atoms with Crippen molar-refractivity contribution in [1.82, 2.24) is 24.7 Å². The van der Waals surface area contributed by atoms with Gasteiger partial charge in [0.1, 0.15) is 16.7 Å². The standard InChI is InChI=1S/C24H20ClFN6O3/c1-12(28-17-3-4-19(25)30-22(17)24(33)34)16-8-15(26)9-18-21(16)31-20-14(5-6-35-23(20)29-18)7-13-10-27-32(2)11-13/h3-4,7-12,28H,5-6H2,1-2H3,(H,33,34)/t12-/m1/s1. The van der Waals surface area contributed by atoms with Gasteiger partial charge in [0.05, 0.1) is 35.6 Å². The van der Waals surface area contributed by atoms with Gasteiger partial charge in [0, 0.05) is 36.9 Å². The summed E-state index contributed by atoms with van der Waals surface area (Å²) in [7, 11) is 1.84. The van der Waals surface area contributed by atoms with Crippen molar-refractivity contribution in [3.8, 4) is 5.88 Å². The molecule has 2 N–H and O–H groups in total. The number of pyridine rings is 1. The molecule has 35 heavy (non-hydrogen) atoms. The highest BCUT2D eigenvalue weighted by atomic mass is 35.5. The Labute approximate surface area is 204 Å². The maximum Gasteiger partial charge on any atom is 0.356 e. The molecule has 0 saturated carbocycles. The van der Waals surface area contributed by atoms with Crippen LogP contribution in [0.15, 0.2) is 36.7 Å². The number of benzene rings is 1. The maximum absolute atomic E-state index is 14.6. The zero-order valence-electron chi connectivity index (χ0n) is 18.8. The van der Waals surface area contributed by atoms with Crippen molar-refractivity contribution in [2.24, 2.45) is 7.05 Å². The summed E-state index contributed by atoms with van der Waals surface area (Å²) in [5, 5.41) is 16.9. The lowest BCUT2D eigenvalue weighted by Gasteiger charge is -2.22. The molecule has 1 aromatic carbocycles. The van der Waals surface area contributed by atoms with Gasteiger partial charge in [-0.05, 0) is 36.8 Å². The number of fused-ring (bicyclic) bond motifs is 2. The smallest absolute Gasteiger partial charge is 0.356 e. The number of halogens is 2. The van der Waals surface area contributed by atoms with Crippen LogP contribution < -0.4 is 10.1 Å². The molecular formula is C24H20ClFN6O3. The van der Waals surface area contributed by atoms with Gasteiger partial charge < -0.3 is 15.2 Å². The van der Waals surface area contributed by atoms with Gasteiger partial charge in [-0.25, -0.2) is 24.1 Å². The van der Waals surface area contributed by atoms with Crippen LogP contribution in [0.2, 0.25) is 5.15 Å². The zero-order valence-corrected chi connectivity index (χ0v) is 19.5. The summed E-state index contributed by atoms with van der Waals surface area (Å²) in [6.07, 6.45) is 6.26. The van der Waals surface area contributed by atoms with Crippen molar-refractivity contribution in [1.29, 1.82) is 0 Å². The van der Waals surface area contributed by atoms with E-state index in [4.69, 9.17) is 21.3 Å². The molecule has 0 amide bonds. The highest BCUT2D eigenvalue weighted by Gasteiger charge is 2.23. The number of nitrogens with zero attached hydrogens (tertiary/aromatic N) is 5. The molecule has 0 spiro atoms. The minimum absolute atomic E-state index is 0.0576. The van der Waals surface area contributed by atoms with Gasteiger partial charge in [-0.3, -0.25) is 4.68 Å². The van der Waals surface area contributed by atoms with Crippen molar-refractivity contribution in [2.45, 2.75) is 19.4 Å². The summed E-state index contributed by atoms with van der Waals surface area (Å²) in [6, 6.07) is 5.13. The first kappa shape index (κ1) is 22.7. The van der Waals surface area contributed by atoms with Gasteiger partial charge in [0.25, 0.3) is 0 Å². The number of carboxylic acid groups (broad SMARTS) is 1. The van der Waals surface area contributed by atoms with Crippen LogP contribution in [0.3, 0.4) is 0 Å². The lowest BCUT2D eigenvalue weighted by atomic mass is 10.0. The van der Waals surface area contributed by atoms with E-state index in [0.29, 0.717) is 41.2 Å². The quantitative estimate of drug-likeness (QED) is 0.382. The number of nitrogens with one attached hydrogen (secondary N) is 1. The fraction of sp³-hybridized carbons (Fsp3) is 0.208.